The van der Waals surface area contributed by atoms with E-state index in [1.807, 2.05) is 0 Å². The van der Waals surface area contributed by atoms with Crippen LogP contribution in [0, 0.1) is 23.7 Å². The molecule has 0 bridgehead atoms. The summed E-state index contributed by atoms with van der Waals surface area (Å²) in [7, 11) is 0. The molecule has 0 saturated heterocycles. The lowest BCUT2D eigenvalue weighted by Crippen LogP contribution is -2.19. The predicted molar refractivity (Wildman–Crippen MR) is 69.2 cm³/mol. The lowest BCUT2D eigenvalue weighted by molar-refractivity contribution is 0.226. The van der Waals surface area contributed by atoms with E-state index < -0.39 is 0 Å². The second kappa shape index (κ2) is 4.39. The van der Waals surface area contributed by atoms with Crippen LogP contribution >= 0.6 is 0 Å². The zero-order valence-corrected chi connectivity index (χ0v) is 10.5. The van der Waals surface area contributed by atoms with Crippen molar-refractivity contribution < 1.29 is 0 Å². The molecule has 0 radical (unpaired) electrons. The van der Waals surface area contributed by atoms with Crippen molar-refractivity contribution in [3.63, 3.8) is 0 Å². The molecule has 0 heterocycles. The normalized spacial score (nSPS) is 41.4. The Balaban J connectivity index is 1.50. The van der Waals surface area contributed by atoms with E-state index >= 15 is 0 Å². The third-order valence-electron chi connectivity index (χ3n) is 5.24. The van der Waals surface area contributed by atoms with Gasteiger partial charge < -0.3 is 0 Å². The van der Waals surface area contributed by atoms with Gasteiger partial charge in [0.1, 0.15) is 0 Å². The molecule has 4 unspecified atom stereocenters. The fourth-order valence-electron chi connectivity index (χ4n) is 3.93. The first-order valence-corrected chi connectivity index (χ1v) is 7.19. The van der Waals surface area contributed by atoms with Gasteiger partial charge in [0.25, 0.3) is 0 Å². The summed E-state index contributed by atoms with van der Waals surface area (Å²) in [6.45, 7) is 2.52. The minimum atomic E-state index is 1.03. The molecule has 4 atom stereocenters. The van der Waals surface area contributed by atoms with E-state index in [2.05, 4.69) is 25.2 Å². The van der Waals surface area contributed by atoms with Gasteiger partial charge in [0, 0.05) is 0 Å². The molecule has 16 heavy (non-hydrogen) atoms. The zero-order chi connectivity index (χ0) is 11.0. The van der Waals surface area contributed by atoms with Crippen molar-refractivity contribution in [1.82, 2.24) is 0 Å². The quantitative estimate of drug-likeness (QED) is 0.640. The summed E-state index contributed by atoms with van der Waals surface area (Å²) in [5, 5.41) is 0. The molecule has 0 nitrogen and oxygen atoms in total. The monoisotopic (exact) mass is 216 g/mol. The number of allylic oxidation sites excluding steroid dienone is 4. The van der Waals surface area contributed by atoms with Gasteiger partial charge in [0.2, 0.25) is 0 Å². The summed E-state index contributed by atoms with van der Waals surface area (Å²) >= 11 is 0. The Labute approximate surface area is 99.8 Å². The molecule has 0 aromatic carbocycles. The van der Waals surface area contributed by atoms with E-state index in [0.29, 0.717) is 0 Å². The van der Waals surface area contributed by atoms with Gasteiger partial charge in [-0.2, -0.15) is 0 Å². The Hall–Kier alpha value is -0.520. The highest BCUT2D eigenvalue weighted by atomic mass is 14.5. The van der Waals surface area contributed by atoms with Crippen LogP contribution in [-0.2, 0) is 0 Å². The van der Waals surface area contributed by atoms with Gasteiger partial charge in [-0.05, 0) is 68.6 Å². The first kappa shape index (κ1) is 10.6. The first-order chi connectivity index (χ1) is 7.84. The third kappa shape index (κ3) is 2.12. The summed E-state index contributed by atoms with van der Waals surface area (Å²) < 4.78 is 0. The Kier molecular flexibility index (Phi) is 2.91. The second-order valence-corrected chi connectivity index (χ2v) is 6.19. The Morgan fingerprint density at radius 2 is 2.25 bits per heavy atom. The van der Waals surface area contributed by atoms with Crippen LogP contribution in [0.3, 0.4) is 0 Å². The van der Waals surface area contributed by atoms with Crippen molar-refractivity contribution in [3.8, 4) is 0 Å². The topological polar surface area (TPSA) is 0 Å². The van der Waals surface area contributed by atoms with Gasteiger partial charge in [0.15, 0.2) is 0 Å². The van der Waals surface area contributed by atoms with E-state index in [4.69, 9.17) is 0 Å². The molecule has 3 aliphatic carbocycles. The van der Waals surface area contributed by atoms with Crippen molar-refractivity contribution in [2.75, 3.05) is 0 Å². The van der Waals surface area contributed by atoms with E-state index in [-0.39, 0.29) is 0 Å². The first-order valence-electron chi connectivity index (χ1n) is 7.19. The highest BCUT2D eigenvalue weighted by molar-refractivity contribution is 5.17. The van der Waals surface area contributed by atoms with Crippen LogP contribution in [0.4, 0.5) is 0 Å². The van der Waals surface area contributed by atoms with E-state index in [0.717, 1.165) is 23.7 Å². The molecule has 0 aliphatic heterocycles. The van der Waals surface area contributed by atoms with Gasteiger partial charge in [0.05, 0.1) is 0 Å². The van der Waals surface area contributed by atoms with E-state index in [1.165, 1.54) is 32.1 Å². The molecule has 2 saturated carbocycles. The molecular weight excluding hydrogens is 192 g/mol. The SMILES string of the molecule is CC1C(CCC2=CC=CCC2)CCC2CC21. The van der Waals surface area contributed by atoms with Crippen molar-refractivity contribution >= 4 is 0 Å². The molecule has 0 amide bonds. The fourth-order valence-corrected chi connectivity index (χ4v) is 3.93. The minimum Gasteiger partial charge on any atom is -0.0842 e. The Bertz CT molecular complexity index is 310. The number of rotatable bonds is 3. The average Bonchev–Trinajstić information content (AvgIpc) is 3.10. The smallest absolute Gasteiger partial charge is 0.0282 e. The third-order valence-corrected chi connectivity index (χ3v) is 5.24. The maximum absolute atomic E-state index is 2.52. The van der Waals surface area contributed by atoms with Crippen LogP contribution in [0.1, 0.15) is 51.9 Å². The van der Waals surface area contributed by atoms with Gasteiger partial charge in [-0.25, -0.2) is 0 Å². The molecular formula is C16H24. The average molecular weight is 216 g/mol. The largest absolute Gasteiger partial charge is 0.0842 e. The maximum Gasteiger partial charge on any atom is -0.0282 e. The predicted octanol–water partition coefficient (Wildman–Crippen LogP) is 4.73. The Morgan fingerprint density at radius 3 is 3.06 bits per heavy atom. The second-order valence-electron chi connectivity index (χ2n) is 6.19. The number of fused-ring (bicyclic) bond motifs is 1. The summed E-state index contributed by atoms with van der Waals surface area (Å²) in [5.74, 6) is 4.33. The number of hydrogen-bond acceptors (Lipinski definition) is 0. The van der Waals surface area contributed by atoms with Crippen LogP contribution in [0.25, 0.3) is 0 Å². The van der Waals surface area contributed by atoms with Crippen LogP contribution < -0.4 is 0 Å². The number of hydrogen-bond donors (Lipinski definition) is 0. The molecule has 0 heteroatoms. The summed E-state index contributed by atoms with van der Waals surface area (Å²) in [6, 6.07) is 0. The summed E-state index contributed by atoms with van der Waals surface area (Å²) in [4.78, 5) is 0. The molecule has 0 aromatic heterocycles. The van der Waals surface area contributed by atoms with Crippen LogP contribution in [-0.4, -0.2) is 0 Å². The molecule has 3 rings (SSSR count). The molecule has 0 spiro atoms. The molecule has 2 fully saturated rings. The van der Waals surface area contributed by atoms with E-state index in [1.54, 1.807) is 18.4 Å². The van der Waals surface area contributed by atoms with Crippen LogP contribution in [0.5, 0.6) is 0 Å². The fraction of sp³-hybridized carbons (Fsp3) is 0.750. The van der Waals surface area contributed by atoms with Crippen LogP contribution in [0.2, 0.25) is 0 Å². The highest BCUT2D eigenvalue weighted by Gasteiger charge is 2.46. The maximum atomic E-state index is 2.52. The lowest BCUT2D eigenvalue weighted by Gasteiger charge is -2.29. The molecule has 88 valence electrons. The lowest BCUT2D eigenvalue weighted by atomic mass is 9.77. The summed E-state index contributed by atoms with van der Waals surface area (Å²) in [5.41, 5.74) is 1.70. The van der Waals surface area contributed by atoms with Crippen molar-refractivity contribution in [3.05, 3.63) is 23.8 Å². The van der Waals surface area contributed by atoms with Gasteiger partial charge in [-0.1, -0.05) is 30.7 Å². The molecule has 0 aromatic rings. The minimum absolute atomic E-state index is 1.03. The zero-order valence-electron chi connectivity index (χ0n) is 10.5. The van der Waals surface area contributed by atoms with Crippen molar-refractivity contribution in [1.29, 1.82) is 0 Å². The van der Waals surface area contributed by atoms with Gasteiger partial charge in [-0.3, -0.25) is 0 Å². The van der Waals surface area contributed by atoms with Gasteiger partial charge >= 0.3 is 0 Å². The van der Waals surface area contributed by atoms with Gasteiger partial charge in [-0.15, -0.1) is 0 Å². The molecule has 3 aliphatic rings. The Morgan fingerprint density at radius 1 is 1.31 bits per heavy atom. The van der Waals surface area contributed by atoms with E-state index in [9.17, 15) is 0 Å². The highest BCUT2D eigenvalue weighted by Crippen LogP contribution is 2.55. The van der Waals surface area contributed by atoms with Crippen LogP contribution in [0.15, 0.2) is 23.8 Å². The van der Waals surface area contributed by atoms with Crippen molar-refractivity contribution in [2.45, 2.75) is 51.9 Å². The van der Waals surface area contributed by atoms with Crippen molar-refractivity contribution in [2.24, 2.45) is 23.7 Å². The molecule has 0 N–H and O–H groups in total. The standard InChI is InChI=1S/C16H24/c1-12-14(9-10-15-11-16(12)15)8-7-13-5-3-2-4-6-13/h2-3,5,12,14-16H,4,6-11H2,1H3. The summed E-state index contributed by atoms with van der Waals surface area (Å²) in [6.07, 6.45) is 17.0.